The third-order valence-electron chi connectivity index (χ3n) is 3.42. The quantitative estimate of drug-likeness (QED) is 0.810. The molecule has 0 aromatic carbocycles. The van der Waals surface area contributed by atoms with E-state index in [1.165, 1.54) is 19.3 Å². The largest absolute Gasteiger partial charge is 0.477 e. The number of aromatic carboxylic acids is 1. The van der Waals surface area contributed by atoms with Crippen LogP contribution in [0.4, 0.5) is 0 Å². The third kappa shape index (κ3) is 1.91. The molecule has 1 aliphatic rings. The fourth-order valence-corrected chi connectivity index (χ4v) is 2.57. The fraction of sp³-hybridized carbons (Fsp3) is 0.583. The van der Waals surface area contributed by atoms with E-state index in [4.69, 9.17) is 5.11 Å². The average Bonchev–Trinajstić information content (AvgIpc) is 2.67. The molecule has 15 heavy (non-hydrogen) atoms. The van der Waals surface area contributed by atoms with Gasteiger partial charge in [0.15, 0.2) is 0 Å². The summed E-state index contributed by atoms with van der Waals surface area (Å²) < 4.78 is 1.94. The molecule has 1 aliphatic carbocycles. The van der Waals surface area contributed by atoms with E-state index >= 15 is 0 Å². The Morgan fingerprint density at radius 3 is 2.87 bits per heavy atom. The van der Waals surface area contributed by atoms with Gasteiger partial charge in [0.25, 0.3) is 0 Å². The molecular weight excluding hydrogens is 190 g/mol. The molecule has 1 N–H and O–H groups in total. The summed E-state index contributed by atoms with van der Waals surface area (Å²) in [6.07, 6.45) is 6.71. The lowest BCUT2D eigenvalue weighted by molar-refractivity contribution is 0.0678. The molecule has 3 heteroatoms. The van der Waals surface area contributed by atoms with Crippen LogP contribution < -0.4 is 0 Å². The summed E-state index contributed by atoms with van der Waals surface area (Å²) in [5.41, 5.74) is 0.425. The lowest BCUT2D eigenvalue weighted by atomic mass is 9.85. The Balaban J connectivity index is 2.27. The van der Waals surface area contributed by atoms with Crippen LogP contribution >= 0.6 is 0 Å². The molecule has 3 nitrogen and oxygen atoms in total. The van der Waals surface area contributed by atoms with Crippen molar-refractivity contribution in [2.45, 2.75) is 38.6 Å². The summed E-state index contributed by atoms with van der Waals surface area (Å²) in [5.74, 6) is -0.234. The number of hydrogen-bond donors (Lipinski definition) is 1. The summed E-state index contributed by atoms with van der Waals surface area (Å²) in [5, 5.41) is 9.05. The van der Waals surface area contributed by atoms with Gasteiger partial charge in [-0.1, -0.05) is 19.8 Å². The molecule has 0 saturated heterocycles. The molecule has 1 aromatic heterocycles. The lowest BCUT2D eigenvalue weighted by Gasteiger charge is -2.30. The van der Waals surface area contributed by atoms with Crippen molar-refractivity contribution >= 4 is 5.97 Å². The smallest absolute Gasteiger partial charge is 0.352 e. The van der Waals surface area contributed by atoms with Gasteiger partial charge in [0.1, 0.15) is 5.69 Å². The van der Waals surface area contributed by atoms with Crippen molar-refractivity contribution in [3.05, 3.63) is 24.0 Å². The number of rotatable bonds is 2. The summed E-state index contributed by atoms with van der Waals surface area (Å²) >= 11 is 0. The number of hydrogen-bond acceptors (Lipinski definition) is 1. The Morgan fingerprint density at radius 1 is 1.47 bits per heavy atom. The predicted octanol–water partition coefficient (Wildman–Crippen LogP) is 2.94. The fourth-order valence-electron chi connectivity index (χ4n) is 2.57. The van der Waals surface area contributed by atoms with E-state index in [1.807, 2.05) is 16.8 Å². The van der Waals surface area contributed by atoms with E-state index in [0.717, 1.165) is 6.42 Å². The lowest BCUT2D eigenvalue weighted by Crippen LogP contribution is -2.23. The SMILES string of the molecule is CC1CCCCC1n1cccc1C(=O)O. The Bertz CT molecular complexity index is 356. The van der Waals surface area contributed by atoms with Crippen LogP contribution in [0, 0.1) is 5.92 Å². The van der Waals surface area contributed by atoms with Crippen LogP contribution in [0.5, 0.6) is 0 Å². The van der Waals surface area contributed by atoms with Crippen molar-refractivity contribution in [1.29, 1.82) is 0 Å². The summed E-state index contributed by atoms with van der Waals surface area (Å²) in [4.78, 5) is 11.0. The highest BCUT2D eigenvalue weighted by Gasteiger charge is 2.25. The Hall–Kier alpha value is -1.25. The minimum absolute atomic E-state index is 0.375. The van der Waals surface area contributed by atoms with Crippen LogP contribution in [-0.2, 0) is 0 Å². The molecule has 2 atom stereocenters. The number of carbonyl (C=O) groups is 1. The van der Waals surface area contributed by atoms with E-state index in [-0.39, 0.29) is 0 Å². The molecule has 82 valence electrons. The molecule has 0 bridgehead atoms. The van der Waals surface area contributed by atoms with Crippen LogP contribution in [-0.4, -0.2) is 15.6 Å². The van der Waals surface area contributed by atoms with Crippen LogP contribution in [0.15, 0.2) is 18.3 Å². The van der Waals surface area contributed by atoms with Crippen LogP contribution in [0.25, 0.3) is 0 Å². The van der Waals surface area contributed by atoms with Crippen molar-refractivity contribution < 1.29 is 9.90 Å². The number of aromatic nitrogens is 1. The van der Waals surface area contributed by atoms with Gasteiger partial charge in [-0.3, -0.25) is 0 Å². The second kappa shape index (κ2) is 4.09. The topological polar surface area (TPSA) is 42.2 Å². The van der Waals surface area contributed by atoms with Crippen LogP contribution in [0.1, 0.15) is 49.1 Å². The van der Waals surface area contributed by atoms with Crippen LogP contribution in [0.3, 0.4) is 0 Å². The zero-order chi connectivity index (χ0) is 10.8. The van der Waals surface area contributed by atoms with E-state index in [0.29, 0.717) is 17.7 Å². The Morgan fingerprint density at radius 2 is 2.20 bits per heavy atom. The molecular formula is C12H17NO2. The van der Waals surface area contributed by atoms with Crippen molar-refractivity contribution in [3.8, 4) is 0 Å². The maximum atomic E-state index is 11.0. The van der Waals surface area contributed by atoms with Gasteiger partial charge in [-0.15, -0.1) is 0 Å². The summed E-state index contributed by atoms with van der Waals surface area (Å²) in [7, 11) is 0. The minimum atomic E-state index is -0.822. The Labute approximate surface area is 89.7 Å². The highest BCUT2D eigenvalue weighted by molar-refractivity contribution is 5.85. The number of carboxylic acids is 1. The van der Waals surface area contributed by atoms with E-state index < -0.39 is 5.97 Å². The van der Waals surface area contributed by atoms with Gasteiger partial charge in [-0.2, -0.15) is 0 Å². The van der Waals surface area contributed by atoms with E-state index in [1.54, 1.807) is 6.07 Å². The van der Waals surface area contributed by atoms with Gasteiger partial charge in [-0.05, 0) is 30.9 Å². The average molecular weight is 207 g/mol. The molecule has 0 spiro atoms. The van der Waals surface area contributed by atoms with Crippen molar-refractivity contribution in [2.75, 3.05) is 0 Å². The third-order valence-corrected chi connectivity index (χ3v) is 3.42. The van der Waals surface area contributed by atoms with Crippen molar-refractivity contribution in [3.63, 3.8) is 0 Å². The number of carboxylic acid groups (broad SMARTS) is 1. The molecule has 0 radical (unpaired) electrons. The second-order valence-electron chi connectivity index (χ2n) is 4.43. The molecule has 0 aliphatic heterocycles. The minimum Gasteiger partial charge on any atom is -0.477 e. The first-order chi connectivity index (χ1) is 7.20. The molecule has 2 unspecified atom stereocenters. The van der Waals surface area contributed by atoms with E-state index in [2.05, 4.69) is 6.92 Å². The molecule has 1 heterocycles. The zero-order valence-electron chi connectivity index (χ0n) is 9.02. The first kappa shape index (κ1) is 10.3. The van der Waals surface area contributed by atoms with Crippen molar-refractivity contribution in [1.82, 2.24) is 4.57 Å². The predicted molar refractivity (Wildman–Crippen MR) is 58.1 cm³/mol. The van der Waals surface area contributed by atoms with Crippen LogP contribution in [0.2, 0.25) is 0 Å². The maximum Gasteiger partial charge on any atom is 0.352 e. The molecule has 1 saturated carbocycles. The molecule has 1 fully saturated rings. The molecule has 0 amide bonds. The highest BCUT2D eigenvalue weighted by Crippen LogP contribution is 2.34. The zero-order valence-corrected chi connectivity index (χ0v) is 9.02. The van der Waals surface area contributed by atoms with Gasteiger partial charge in [0.05, 0.1) is 0 Å². The molecule has 2 rings (SSSR count). The van der Waals surface area contributed by atoms with Gasteiger partial charge in [0, 0.05) is 12.2 Å². The number of nitrogens with zero attached hydrogens (tertiary/aromatic N) is 1. The van der Waals surface area contributed by atoms with Gasteiger partial charge in [0.2, 0.25) is 0 Å². The maximum absolute atomic E-state index is 11.0. The Kier molecular flexibility index (Phi) is 2.80. The summed E-state index contributed by atoms with van der Waals surface area (Å²) in [6.45, 7) is 2.22. The summed E-state index contributed by atoms with van der Waals surface area (Å²) in [6, 6.07) is 3.88. The van der Waals surface area contributed by atoms with Gasteiger partial charge in [-0.25, -0.2) is 4.79 Å². The van der Waals surface area contributed by atoms with Gasteiger partial charge < -0.3 is 9.67 Å². The normalized spacial score (nSPS) is 26.5. The van der Waals surface area contributed by atoms with Gasteiger partial charge >= 0.3 is 5.97 Å². The standard InChI is InChI=1S/C12H17NO2/c1-9-5-2-3-6-10(9)13-8-4-7-11(13)12(14)15/h4,7-10H,2-3,5-6H2,1H3,(H,14,15). The first-order valence-electron chi connectivity index (χ1n) is 5.60. The van der Waals surface area contributed by atoms with E-state index in [9.17, 15) is 4.79 Å². The van der Waals surface area contributed by atoms with Crippen molar-refractivity contribution in [2.24, 2.45) is 5.92 Å². The molecule has 1 aromatic rings. The first-order valence-corrected chi connectivity index (χ1v) is 5.60. The highest BCUT2D eigenvalue weighted by atomic mass is 16.4. The monoisotopic (exact) mass is 207 g/mol. The second-order valence-corrected chi connectivity index (χ2v) is 4.43.